The van der Waals surface area contributed by atoms with Crippen LogP contribution >= 0.6 is 0 Å². The molecule has 0 unspecified atom stereocenters. The fourth-order valence-corrected chi connectivity index (χ4v) is 2.14. The van der Waals surface area contributed by atoms with Crippen molar-refractivity contribution in [2.75, 3.05) is 0 Å². The van der Waals surface area contributed by atoms with Gasteiger partial charge in [-0.2, -0.15) is 0 Å². The molecule has 116 valence electrons. The normalized spacial score (nSPS) is 10.5. The Hall–Kier alpha value is -3.15. The lowest BCUT2D eigenvalue weighted by atomic mass is 10.2. The van der Waals surface area contributed by atoms with E-state index in [0.717, 1.165) is 11.1 Å². The van der Waals surface area contributed by atoms with Crippen LogP contribution in [0, 0.1) is 17.0 Å². The van der Waals surface area contributed by atoms with Crippen molar-refractivity contribution in [2.45, 2.75) is 13.5 Å². The first kappa shape index (κ1) is 14.8. The molecule has 0 radical (unpaired) electrons. The highest BCUT2D eigenvalue weighted by molar-refractivity contribution is 5.55. The maximum absolute atomic E-state index is 11.0. The number of oxazole rings is 1. The van der Waals surface area contributed by atoms with E-state index in [-0.39, 0.29) is 18.0 Å². The van der Waals surface area contributed by atoms with Gasteiger partial charge in [-0.25, -0.2) is 4.98 Å². The Labute approximate surface area is 132 Å². The average Bonchev–Trinajstić information content (AvgIpc) is 3.02. The third kappa shape index (κ3) is 3.37. The Kier molecular flexibility index (Phi) is 4.05. The maximum atomic E-state index is 11.0. The van der Waals surface area contributed by atoms with Gasteiger partial charge < -0.3 is 9.15 Å². The van der Waals surface area contributed by atoms with Crippen LogP contribution in [0.25, 0.3) is 11.3 Å². The first-order valence-corrected chi connectivity index (χ1v) is 7.01. The molecule has 2 aromatic carbocycles. The van der Waals surface area contributed by atoms with Crippen LogP contribution in [0.3, 0.4) is 0 Å². The van der Waals surface area contributed by atoms with E-state index in [9.17, 15) is 10.1 Å². The number of hydrogen-bond acceptors (Lipinski definition) is 5. The number of nitro benzene ring substituents is 1. The monoisotopic (exact) mass is 310 g/mol. The number of rotatable bonds is 5. The highest BCUT2D eigenvalue weighted by Crippen LogP contribution is 2.29. The molecular weight excluding hydrogens is 296 g/mol. The van der Waals surface area contributed by atoms with Crippen molar-refractivity contribution >= 4 is 5.69 Å². The second-order valence-corrected chi connectivity index (χ2v) is 5.00. The summed E-state index contributed by atoms with van der Waals surface area (Å²) in [5, 5.41) is 11.0. The molecule has 0 saturated heterocycles. The summed E-state index contributed by atoms with van der Waals surface area (Å²) in [6.07, 6.45) is 1.61. The standard InChI is InChI=1S/C17H14N2O4/c1-12-7-8-14(19(20)21)15(9-12)22-11-17-18-10-16(23-17)13-5-3-2-4-6-13/h2-10H,11H2,1H3. The number of ether oxygens (including phenoxy) is 1. The minimum absolute atomic E-state index is 0.0249. The summed E-state index contributed by atoms with van der Waals surface area (Å²) < 4.78 is 11.1. The van der Waals surface area contributed by atoms with Crippen LogP contribution in [-0.2, 0) is 6.61 Å². The number of hydrogen-bond donors (Lipinski definition) is 0. The lowest BCUT2D eigenvalue weighted by Gasteiger charge is -2.05. The minimum Gasteiger partial charge on any atom is -0.477 e. The summed E-state index contributed by atoms with van der Waals surface area (Å²) in [4.78, 5) is 14.7. The first-order chi connectivity index (χ1) is 11.1. The van der Waals surface area contributed by atoms with Crippen LogP contribution in [0.5, 0.6) is 5.75 Å². The molecular formula is C17H14N2O4. The fraction of sp³-hybridized carbons (Fsp3) is 0.118. The van der Waals surface area contributed by atoms with Crippen molar-refractivity contribution < 1.29 is 14.1 Å². The van der Waals surface area contributed by atoms with Gasteiger partial charge >= 0.3 is 5.69 Å². The summed E-state index contributed by atoms with van der Waals surface area (Å²) in [7, 11) is 0. The molecule has 0 aliphatic heterocycles. The maximum Gasteiger partial charge on any atom is 0.310 e. The summed E-state index contributed by atoms with van der Waals surface area (Å²) in [5.74, 6) is 1.19. The van der Waals surface area contributed by atoms with E-state index in [2.05, 4.69) is 4.98 Å². The van der Waals surface area contributed by atoms with Crippen LogP contribution in [0.1, 0.15) is 11.5 Å². The van der Waals surface area contributed by atoms with Crippen molar-refractivity contribution in [1.29, 1.82) is 0 Å². The van der Waals surface area contributed by atoms with Gasteiger partial charge in [0, 0.05) is 11.6 Å². The zero-order valence-electron chi connectivity index (χ0n) is 12.4. The van der Waals surface area contributed by atoms with E-state index in [1.165, 1.54) is 6.07 Å². The zero-order valence-corrected chi connectivity index (χ0v) is 12.4. The van der Waals surface area contributed by atoms with E-state index < -0.39 is 4.92 Å². The molecule has 0 amide bonds. The number of aromatic nitrogens is 1. The lowest BCUT2D eigenvalue weighted by Crippen LogP contribution is -1.99. The molecule has 0 fully saturated rings. The number of aryl methyl sites for hydroxylation is 1. The van der Waals surface area contributed by atoms with Gasteiger partial charge in [0.05, 0.1) is 11.1 Å². The number of nitro groups is 1. The number of benzene rings is 2. The van der Waals surface area contributed by atoms with Gasteiger partial charge in [0.15, 0.2) is 18.1 Å². The molecule has 3 rings (SSSR count). The van der Waals surface area contributed by atoms with E-state index in [1.807, 2.05) is 37.3 Å². The molecule has 3 aromatic rings. The van der Waals surface area contributed by atoms with Gasteiger partial charge in [-0.15, -0.1) is 0 Å². The van der Waals surface area contributed by atoms with Gasteiger partial charge in [0.2, 0.25) is 5.89 Å². The largest absolute Gasteiger partial charge is 0.477 e. The summed E-state index contributed by atoms with van der Waals surface area (Å²) in [5.41, 5.74) is 1.71. The Balaban J connectivity index is 1.76. The Morgan fingerprint density at radius 3 is 2.74 bits per heavy atom. The van der Waals surface area contributed by atoms with Crippen LogP contribution in [0.2, 0.25) is 0 Å². The highest BCUT2D eigenvalue weighted by atomic mass is 16.6. The van der Waals surface area contributed by atoms with Gasteiger partial charge in [-0.1, -0.05) is 36.4 Å². The van der Waals surface area contributed by atoms with Crippen molar-refractivity contribution in [2.24, 2.45) is 0 Å². The summed E-state index contributed by atoms with van der Waals surface area (Å²) in [6, 6.07) is 14.3. The number of nitrogens with zero attached hydrogens (tertiary/aromatic N) is 2. The Morgan fingerprint density at radius 1 is 1.22 bits per heavy atom. The summed E-state index contributed by atoms with van der Waals surface area (Å²) in [6.45, 7) is 1.87. The second-order valence-electron chi connectivity index (χ2n) is 5.00. The van der Waals surface area contributed by atoms with Gasteiger partial charge in [-0.05, 0) is 18.6 Å². The quantitative estimate of drug-likeness (QED) is 0.523. The summed E-state index contributed by atoms with van der Waals surface area (Å²) >= 11 is 0. The van der Waals surface area contributed by atoms with Gasteiger partial charge in [0.1, 0.15) is 0 Å². The highest BCUT2D eigenvalue weighted by Gasteiger charge is 2.16. The molecule has 0 atom stereocenters. The molecule has 0 aliphatic rings. The van der Waals surface area contributed by atoms with E-state index in [0.29, 0.717) is 11.7 Å². The first-order valence-electron chi connectivity index (χ1n) is 7.01. The SMILES string of the molecule is Cc1ccc([N+](=O)[O-])c(OCc2ncc(-c3ccccc3)o2)c1. The van der Waals surface area contributed by atoms with Gasteiger partial charge in [-0.3, -0.25) is 10.1 Å². The predicted octanol–water partition coefficient (Wildman–Crippen LogP) is 4.14. The molecule has 0 bridgehead atoms. The average molecular weight is 310 g/mol. The zero-order chi connectivity index (χ0) is 16.2. The van der Waals surface area contributed by atoms with Crippen LogP contribution in [0.4, 0.5) is 5.69 Å². The molecule has 0 saturated carbocycles. The molecule has 0 N–H and O–H groups in total. The van der Waals surface area contributed by atoms with E-state index in [4.69, 9.17) is 9.15 Å². The van der Waals surface area contributed by atoms with Crippen molar-refractivity contribution in [3.8, 4) is 17.1 Å². The lowest BCUT2D eigenvalue weighted by molar-refractivity contribution is -0.386. The van der Waals surface area contributed by atoms with Crippen LogP contribution in [0.15, 0.2) is 59.1 Å². The minimum atomic E-state index is -0.472. The van der Waals surface area contributed by atoms with Crippen molar-refractivity contribution in [1.82, 2.24) is 4.98 Å². The smallest absolute Gasteiger partial charge is 0.310 e. The molecule has 6 nitrogen and oxygen atoms in total. The molecule has 0 spiro atoms. The third-order valence-electron chi connectivity index (χ3n) is 3.28. The topological polar surface area (TPSA) is 78.4 Å². The predicted molar refractivity (Wildman–Crippen MR) is 84.1 cm³/mol. The fourth-order valence-electron chi connectivity index (χ4n) is 2.14. The Bertz CT molecular complexity index is 828. The van der Waals surface area contributed by atoms with Crippen molar-refractivity contribution in [3.05, 3.63) is 76.3 Å². The molecule has 23 heavy (non-hydrogen) atoms. The van der Waals surface area contributed by atoms with E-state index in [1.54, 1.807) is 18.3 Å². The molecule has 1 heterocycles. The van der Waals surface area contributed by atoms with Crippen molar-refractivity contribution in [3.63, 3.8) is 0 Å². The van der Waals surface area contributed by atoms with Gasteiger partial charge in [0.25, 0.3) is 0 Å². The van der Waals surface area contributed by atoms with Crippen LogP contribution in [-0.4, -0.2) is 9.91 Å². The van der Waals surface area contributed by atoms with E-state index >= 15 is 0 Å². The Morgan fingerprint density at radius 2 is 2.00 bits per heavy atom. The second kappa shape index (κ2) is 6.31. The molecule has 1 aromatic heterocycles. The molecule has 6 heteroatoms. The third-order valence-corrected chi connectivity index (χ3v) is 3.28. The van der Waals surface area contributed by atoms with Crippen LogP contribution < -0.4 is 4.74 Å². The molecule has 0 aliphatic carbocycles.